The molecule has 0 radical (unpaired) electrons. The number of carbonyl (C=O) groups is 2. The standard InChI is InChI=1S/C32H34O2/c1-23(2)21-27-9-15-29(16-10-27)31(33)19-13-25-5-7-26(8-6-25)14-20-32(34)30-17-11-28(12-18-30)22-24(3)4/h5-20,23-24H,21-22H2,1-4H3/b19-13+,20-14+. The van der Waals surface area contributed by atoms with Crippen molar-refractivity contribution in [3.63, 3.8) is 0 Å². The van der Waals surface area contributed by atoms with Crippen molar-refractivity contribution < 1.29 is 9.59 Å². The van der Waals surface area contributed by atoms with Crippen LogP contribution in [0.15, 0.2) is 84.9 Å². The summed E-state index contributed by atoms with van der Waals surface area (Å²) in [6.45, 7) is 8.75. The van der Waals surface area contributed by atoms with E-state index >= 15 is 0 Å². The zero-order valence-electron chi connectivity index (χ0n) is 20.6. The molecule has 0 aliphatic rings. The third-order valence-corrected chi connectivity index (χ3v) is 5.56. The Morgan fingerprint density at radius 1 is 0.559 bits per heavy atom. The third-order valence-electron chi connectivity index (χ3n) is 5.56. The summed E-state index contributed by atoms with van der Waals surface area (Å²) in [6, 6.07) is 23.5. The topological polar surface area (TPSA) is 34.1 Å². The number of allylic oxidation sites excluding steroid dienone is 2. The van der Waals surface area contributed by atoms with Crippen molar-refractivity contribution >= 4 is 23.7 Å². The van der Waals surface area contributed by atoms with Crippen molar-refractivity contribution in [3.05, 3.63) is 118 Å². The first kappa shape index (κ1) is 25.1. The quantitative estimate of drug-likeness (QED) is 0.233. The summed E-state index contributed by atoms with van der Waals surface area (Å²) in [5.41, 5.74) is 5.77. The van der Waals surface area contributed by atoms with Gasteiger partial charge >= 0.3 is 0 Å². The molecule has 3 aromatic rings. The Hall–Kier alpha value is -3.52. The number of carbonyl (C=O) groups excluding carboxylic acids is 2. The molecule has 0 aromatic heterocycles. The Bertz CT molecular complexity index is 1050. The summed E-state index contributed by atoms with van der Waals surface area (Å²) < 4.78 is 0. The van der Waals surface area contributed by atoms with Crippen LogP contribution in [0.2, 0.25) is 0 Å². The van der Waals surface area contributed by atoms with Crippen LogP contribution in [0.25, 0.3) is 12.2 Å². The van der Waals surface area contributed by atoms with Crippen LogP contribution in [0.5, 0.6) is 0 Å². The maximum absolute atomic E-state index is 12.5. The lowest BCUT2D eigenvalue weighted by Crippen LogP contribution is -1.97. The van der Waals surface area contributed by atoms with Crippen LogP contribution in [-0.2, 0) is 12.8 Å². The summed E-state index contributed by atoms with van der Waals surface area (Å²) >= 11 is 0. The van der Waals surface area contributed by atoms with Crippen LogP contribution in [0.1, 0.15) is 70.7 Å². The van der Waals surface area contributed by atoms with Gasteiger partial charge in [-0.2, -0.15) is 0 Å². The maximum atomic E-state index is 12.5. The van der Waals surface area contributed by atoms with Gasteiger partial charge in [-0.1, -0.05) is 113 Å². The van der Waals surface area contributed by atoms with Gasteiger partial charge in [-0.3, -0.25) is 9.59 Å². The predicted octanol–water partition coefficient (Wildman–Crippen LogP) is 7.88. The van der Waals surface area contributed by atoms with Gasteiger partial charge in [0.05, 0.1) is 0 Å². The molecule has 0 bridgehead atoms. The van der Waals surface area contributed by atoms with E-state index in [0.29, 0.717) is 23.0 Å². The van der Waals surface area contributed by atoms with Gasteiger partial charge in [0.25, 0.3) is 0 Å². The van der Waals surface area contributed by atoms with Crippen LogP contribution in [0.3, 0.4) is 0 Å². The maximum Gasteiger partial charge on any atom is 0.185 e. The fraction of sp³-hybridized carbons (Fsp3) is 0.250. The number of hydrogen-bond acceptors (Lipinski definition) is 2. The van der Waals surface area contributed by atoms with E-state index in [1.165, 1.54) is 11.1 Å². The minimum absolute atomic E-state index is 0.00919. The summed E-state index contributed by atoms with van der Waals surface area (Å²) in [4.78, 5) is 24.9. The van der Waals surface area contributed by atoms with Crippen LogP contribution in [0.4, 0.5) is 0 Å². The van der Waals surface area contributed by atoms with Gasteiger partial charge in [-0.25, -0.2) is 0 Å². The molecule has 0 aliphatic carbocycles. The Morgan fingerprint density at radius 2 is 0.882 bits per heavy atom. The number of benzene rings is 3. The molecule has 2 nitrogen and oxygen atoms in total. The Labute approximate surface area is 204 Å². The first-order chi connectivity index (χ1) is 16.3. The summed E-state index contributed by atoms with van der Waals surface area (Å²) in [7, 11) is 0. The van der Waals surface area contributed by atoms with E-state index in [-0.39, 0.29) is 11.6 Å². The molecule has 174 valence electrons. The highest BCUT2D eigenvalue weighted by atomic mass is 16.1. The van der Waals surface area contributed by atoms with Gasteiger partial charge in [-0.15, -0.1) is 0 Å². The second-order valence-electron chi connectivity index (χ2n) is 9.65. The SMILES string of the molecule is CC(C)Cc1ccc(C(=O)/C=C/c2ccc(/C=C/C(=O)c3ccc(CC(C)C)cc3)cc2)cc1. The van der Waals surface area contributed by atoms with Crippen molar-refractivity contribution in [2.45, 2.75) is 40.5 Å². The normalized spacial score (nSPS) is 11.7. The first-order valence-electron chi connectivity index (χ1n) is 12.0. The van der Waals surface area contributed by atoms with Gasteiger partial charge in [0.2, 0.25) is 0 Å². The van der Waals surface area contributed by atoms with Gasteiger partial charge in [0.15, 0.2) is 11.6 Å². The van der Waals surface area contributed by atoms with Crippen molar-refractivity contribution in [2.75, 3.05) is 0 Å². The second kappa shape index (κ2) is 12.1. The molecule has 34 heavy (non-hydrogen) atoms. The van der Waals surface area contributed by atoms with E-state index in [1.54, 1.807) is 12.2 Å². The Balaban J connectivity index is 1.57. The zero-order valence-corrected chi connectivity index (χ0v) is 20.6. The fourth-order valence-corrected chi connectivity index (χ4v) is 3.81. The molecule has 0 N–H and O–H groups in total. The smallest absolute Gasteiger partial charge is 0.185 e. The van der Waals surface area contributed by atoms with Gasteiger partial charge in [-0.05, 0) is 59.1 Å². The second-order valence-corrected chi connectivity index (χ2v) is 9.65. The summed E-state index contributed by atoms with van der Waals surface area (Å²) in [6.07, 6.45) is 8.88. The average molecular weight is 451 g/mol. The highest BCUT2D eigenvalue weighted by Crippen LogP contribution is 2.14. The van der Waals surface area contributed by atoms with E-state index in [0.717, 1.165) is 24.0 Å². The lowest BCUT2D eigenvalue weighted by molar-refractivity contribution is 0.103. The minimum Gasteiger partial charge on any atom is -0.289 e. The Morgan fingerprint density at radius 3 is 1.18 bits per heavy atom. The van der Waals surface area contributed by atoms with Gasteiger partial charge in [0, 0.05) is 11.1 Å². The van der Waals surface area contributed by atoms with E-state index in [1.807, 2.05) is 84.9 Å². The molecule has 0 fully saturated rings. The molecule has 0 atom stereocenters. The Kier molecular flexibility index (Phi) is 8.93. The highest BCUT2D eigenvalue weighted by Gasteiger charge is 2.05. The monoisotopic (exact) mass is 450 g/mol. The predicted molar refractivity (Wildman–Crippen MR) is 143 cm³/mol. The molecule has 0 spiro atoms. The van der Waals surface area contributed by atoms with Crippen molar-refractivity contribution in [3.8, 4) is 0 Å². The molecule has 0 heterocycles. The molecule has 2 heteroatoms. The largest absolute Gasteiger partial charge is 0.289 e. The lowest BCUT2D eigenvalue weighted by atomic mass is 10.00. The van der Waals surface area contributed by atoms with E-state index in [4.69, 9.17) is 0 Å². The van der Waals surface area contributed by atoms with E-state index in [2.05, 4.69) is 27.7 Å². The first-order valence-corrected chi connectivity index (χ1v) is 12.0. The molecule has 3 aromatic carbocycles. The van der Waals surface area contributed by atoms with Crippen molar-refractivity contribution in [1.82, 2.24) is 0 Å². The highest BCUT2D eigenvalue weighted by molar-refractivity contribution is 6.07. The van der Waals surface area contributed by atoms with Crippen molar-refractivity contribution in [1.29, 1.82) is 0 Å². The molecule has 0 aliphatic heterocycles. The number of ketones is 2. The van der Waals surface area contributed by atoms with Crippen LogP contribution in [0, 0.1) is 11.8 Å². The minimum atomic E-state index is -0.00919. The fourth-order valence-electron chi connectivity index (χ4n) is 3.81. The zero-order chi connectivity index (χ0) is 24.5. The average Bonchev–Trinajstić information content (AvgIpc) is 2.82. The van der Waals surface area contributed by atoms with Gasteiger partial charge < -0.3 is 0 Å². The summed E-state index contributed by atoms with van der Waals surface area (Å²) in [5.74, 6) is 1.17. The van der Waals surface area contributed by atoms with Crippen LogP contribution < -0.4 is 0 Å². The molecule has 3 rings (SSSR count). The lowest BCUT2D eigenvalue weighted by Gasteiger charge is -2.05. The molecule has 0 amide bonds. The molecule has 0 saturated heterocycles. The van der Waals surface area contributed by atoms with Crippen LogP contribution in [-0.4, -0.2) is 11.6 Å². The third kappa shape index (κ3) is 7.81. The molecule has 0 unspecified atom stereocenters. The molecular formula is C32H34O2. The van der Waals surface area contributed by atoms with Crippen molar-refractivity contribution in [2.24, 2.45) is 11.8 Å². The summed E-state index contributed by atoms with van der Waals surface area (Å²) in [5, 5.41) is 0. The van der Waals surface area contributed by atoms with E-state index in [9.17, 15) is 9.59 Å². The van der Waals surface area contributed by atoms with E-state index < -0.39 is 0 Å². The van der Waals surface area contributed by atoms with Crippen LogP contribution >= 0.6 is 0 Å². The molecule has 0 saturated carbocycles. The number of hydrogen-bond donors (Lipinski definition) is 0. The molecular weight excluding hydrogens is 416 g/mol. The number of rotatable bonds is 10. The van der Waals surface area contributed by atoms with Gasteiger partial charge in [0.1, 0.15) is 0 Å².